The van der Waals surface area contributed by atoms with E-state index in [1.807, 2.05) is 0 Å². The lowest BCUT2D eigenvalue weighted by atomic mass is 9.95. The van der Waals surface area contributed by atoms with Crippen LogP contribution in [0.5, 0.6) is 5.75 Å². The van der Waals surface area contributed by atoms with E-state index in [0.717, 1.165) is 6.42 Å². The Kier molecular flexibility index (Phi) is 4.09. The number of sulfonamides is 1. The second-order valence-electron chi connectivity index (χ2n) is 5.60. The quantitative estimate of drug-likeness (QED) is 0.844. The van der Waals surface area contributed by atoms with Crippen LogP contribution in [0.15, 0.2) is 53.4 Å². The molecule has 0 saturated heterocycles. The van der Waals surface area contributed by atoms with Crippen molar-refractivity contribution in [2.45, 2.75) is 30.1 Å². The Balaban J connectivity index is 1.91. The molecule has 0 amide bonds. The number of phenolic OH excluding ortho intramolecular Hbond substituents is 1. The summed E-state index contributed by atoms with van der Waals surface area (Å²) in [4.78, 5) is 12.1. The van der Waals surface area contributed by atoms with Crippen LogP contribution in [0.4, 0.5) is 5.69 Å². The van der Waals surface area contributed by atoms with Gasteiger partial charge in [0.05, 0.1) is 4.90 Å². The second kappa shape index (κ2) is 6.04. The van der Waals surface area contributed by atoms with Gasteiger partial charge in [-0.15, -0.1) is 0 Å². The largest absolute Gasteiger partial charge is 0.508 e. The first-order chi connectivity index (χ1) is 11.0. The Morgan fingerprint density at radius 1 is 1.09 bits per heavy atom. The van der Waals surface area contributed by atoms with Gasteiger partial charge in [-0.05, 0) is 43.2 Å². The molecule has 0 unspecified atom stereocenters. The predicted octanol–water partition coefficient (Wildman–Crippen LogP) is 3.03. The average molecular weight is 331 g/mol. The van der Waals surface area contributed by atoms with Crippen LogP contribution in [-0.2, 0) is 14.8 Å². The molecule has 3 rings (SSSR count). The zero-order valence-electron chi connectivity index (χ0n) is 12.4. The van der Waals surface area contributed by atoms with Gasteiger partial charge in [0.15, 0.2) is 0 Å². The molecule has 2 aromatic carbocycles. The van der Waals surface area contributed by atoms with Gasteiger partial charge in [-0.3, -0.25) is 9.52 Å². The molecule has 2 N–H and O–H groups in total. The van der Waals surface area contributed by atoms with E-state index in [9.17, 15) is 18.3 Å². The number of phenols is 1. The minimum Gasteiger partial charge on any atom is -0.508 e. The Morgan fingerprint density at radius 3 is 2.48 bits per heavy atom. The summed E-state index contributed by atoms with van der Waals surface area (Å²) in [7, 11) is -3.70. The number of hydrogen-bond acceptors (Lipinski definition) is 4. The van der Waals surface area contributed by atoms with Crippen molar-refractivity contribution in [3.63, 3.8) is 0 Å². The molecule has 1 aliphatic rings. The van der Waals surface area contributed by atoms with Crippen molar-refractivity contribution in [3.05, 3.63) is 54.1 Å². The fourth-order valence-corrected chi connectivity index (χ4v) is 3.93. The maximum Gasteiger partial charge on any atom is 0.261 e. The Bertz CT molecular complexity index is 831. The molecule has 0 bridgehead atoms. The molecule has 120 valence electrons. The van der Waals surface area contributed by atoms with Gasteiger partial charge in [0.2, 0.25) is 0 Å². The van der Waals surface area contributed by atoms with E-state index in [1.54, 1.807) is 24.3 Å². The van der Waals surface area contributed by atoms with Gasteiger partial charge in [0.1, 0.15) is 11.5 Å². The van der Waals surface area contributed by atoms with Crippen molar-refractivity contribution in [1.82, 2.24) is 0 Å². The van der Waals surface area contributed by atoms with Gasteiger partial charge in [0, 0.05) is 23.6 Å². The number of Topliss-reactive ketones (excluding diaryl/α,β-unsaturated/α-hetero) is 1. The molecule has 1 fully saturated rings. The van der Waals surface area contributed by atoms with E-state index < -0.39 is 10.0 Å². The predicted molar refractivity (Wildman–Crippen MR) is 87.0 cm³/mol. The van der Waals surface area contributed by atoms with E-state index in [1.165, 1.54) is 24.3 Å². The monoisotopic (exact) mass is 331 g/mol. The van der Waals surface area contributed by atoms with Crippen molar-refractivity contribution in [2.75, 3.05) is 4.72 Å². The van der Waals surface area contributed by atoms with Gasteiger partial charge < -0.3 is 5.11 Å². The number of carbonyl (C=O) groups is 1. The Hall–Kier alpha value is -2.34. The van der Waals surface area contributed by atoms with E-state index in [0.29, 0.717) is 24.1 Å². The van der Waals surface area contributed by atoms with Gasteiger partial charge in [-0.25, -0.2) is 8.42 Å². The number of ketones is 1. The zero-order chi connectivity index (χ0) is 16.4. The first-order valence-corrected chi connectivity index (χ1v) is 8.89. The summed E-state index contributed by atoms with van der Waals surface area (Å²) < 4.78 is 27.2. The summed E-state index contributed by atoms with van der Waals surface area (Å²) in [6.07, 6.45) is 1.98. The lowest BCUT2D eigenvalue weighted by Crippen LogP contribution is -2.13. The van der Waals surface area contributed by atoms with Crippen molar-refractivity contribution < 1.29 is 18.3 Å². The third kappa shape index (κ3) is 3.22. The van der Waals surface area contributed by atoms with Crippen molar-refractivity contribution >= 4 is 21.5 Å². The lowest BCUT2D eigenvalue weighted by molar-refractivity contribution is -0.118. The third-order valence-electron chi connectivity index (χ3n) is 4.01. The van der Waals surface area contributed by atoms with Gasteiger partial charge in [-0.2, -0.15) is 0 Å². The van der Waals surface area contributed by atoms with Crippen LogP contribution in [0.1, 0.15) is 30.7 Å². The highest BCUT2D eigenvalue weighted by atomic mass is 32.2. The minimum absolute atomic E-state index is 0.0212. The molecule has 0 radical (unpaired) electrons. The molecular formula is C17H17NO4S. The Morgan fingerprint density at radius 2 is 1.83 bits per heavy atom. The number of hydrogen-bond donors (Lipinski definition) is 2. The number of anilines is 1. The third-order valence-corrected chi connectivity index (χ3v) is 5.41. The van der Waals surface area contributed by atoms with Gasteiger partial charge >= 0.3 is 0 Å². The average Bonchev–Trinajstić information content (AvgIpc) is 2.96. The summed E-state index contributed by atoms with van der Waals surface area (Å²) in [6.45, 7) is 0. The zero-order valence-corrected chi connectivity index (χ0v) is 13.2. The highest BCUT2D eigenvalue weighted by molar-refractivity contribution is 7.92. The summed E-state index contributed by atoms with van der Waals surface area (Å²) in [5, 5.41) is 10.00. The molecule has 0 aromatic heterocycles. The van der Waals surface area contributed by atoms with E-state index in [-0.39, 0.29) is 22.3 Å². The number of carbonyl (C=O) groups excluding carboxylic acids is 1. The number of aromatic hydroxyl groups is 1. The fourth-order valence-electron chi connectivity index (χ4n) is 2.86. The van der Waals surface area contributed by atoms with Crippen LogP contribution < -0.4 is 4.72 Å². The van der Waals surface area contributed by atoms with Gasteiger partial charge in [0.25, 0.3) is 10.0 Å². The highest BCUT2D eigenvalue weighted by Gasteiger charge is 2.28. The molecule has 2 aromatic rings. The second-order valence-corrected chi connectivity index (χ2v) is 7.29. The van der Waals surface area contributed by atoms with Gasteiger partial charge in [-0.1, -0.05) is 18.2 Å². The molecule has 0 heterocycles. The van der Waals surface area contributed by atoms with Crippen LogP contribution >= 0.6 is 0 Å². The molecule has 1 saturated carbocycles. The van der Waals surface area contributed by atoms with Crippen LogP contribution in [0.2, 0.25) is 0 Å². The normalized spacial score (nSPS) is 18.1. The summed E-state index contributed by atoms with van der Waals surface area (Å²) in [5.74, 6) is -0.243. The molecule has 23 heavy (non-hydrogen) atoms. The van der Waals surface area contributed by atoms with Crippen molar-refractivity contribution in [3.8, 4) is 5.75 Å². The van der Waals surface area contributed by atoms with Crippen LogP contribution in [-0.4, -0.2) is 19.3 Å². The first kappa shape index (κ1) is 15.6. The number of nitrogens with one attached hydrogen (secondary N) is 1. The molecule has 0 aliphatic heterocycles. The van der Waals surface area contributed by atoms with Crippen LogP contribution in [0, 0.1) is 0 Å². The Labute approximate surface area is 135 Å². The minimum atomic E-state index is -3.70. The SMILES string of the molecule is O=C1CCC[C@@H]1c1cc(NS(=O)(=O)c2ccccc2)ccc1O. The maximum atomic E-state index is 12.3. The highest BCUT2D eigenvalue weighted by Crippen LogP contribution is 2.37. The van der Waals surface area contributed by atoms with E-state index in [4.69, 9.17) is 0 Å². The smallest absolute Gasteiger partial charge is 0.261 e. The summed E-state index contributed by atoms with van der Waals surface area (Å²) in [6, 6.07) is 12.5. The van der Waals surface area contributed by atoms with E-state index >= 15 is 0 Å². The maximum absolute atomic E-state index is 12.3. The fraction of sp³-hybridized carbons (Fsp3) is 0.235. The van der Waals surface area contributed by atoms with Crippen molar-refractivity contribution in [2.24, 2.45) is 0 Å². The molecule has 1 atom stereocenters. The number of benzene rings is 2. The molecular weight excluding hydrogens is 314 g/mol. The molecule has 5 nitrogen and oxygen atoms in total. The first-order valence-electron chi connectivity index (χ1n) is 7.41. The van der Waals surface area contributed by atoms with Crippen LogP contribution in [0.25, 0.3) is 0 Å². The summed E-state index contributed by atoms with van der Waals surface area (Å²) in [5.41, 5.74) is 0.821. The molecule has 6 heteroatoms. The van der Waals surface area contributed by atoms with Crippen molar-refractivity contribution in [1.29, 1.82) is 0 Å². The topological polar surface area (TPSA) is 83.5 Å². The summed E-state index contributed by atoms with van der Waals surface area (Å²) >= 11 is 0. The molecule has 0 spiro atoms. The molecule has 1 aliphatic carbocycles. The number of rotatable bonds is 4. The van der Waals surface area contributed by atoms with Crippen LogP contribution in [0.3, 0.4) is 0 Å². The van der Waals surface area contributed by atoms with E-state index in [2.05, 4.69) is 4.72 Å². The lowest BCUT2D eigenvalue weighted by Gasteiger charge is -2.14. The standard InChI is InChI=1S/C17H17NO4S/c19-16-8-4-7-14(16)15-11-12(9-10-17(15)20)18-23(21,22)13-5-2-1-3-6-13/h1-3,5-6,9-11,14,18,20H,4,7-8H2/t14-/m1/s1.